The lowest BCUT2D eigenvalue weighted by molar-refractivity contribution is -0.127. The normalized spacial score (nSPS) is 18.3. The maximum absolute atomic E-state index is 13.7. The zero-order valence-corrected chi connectivity index (χ0v) is 24.2. The largest absolute Gasteiger partial charge is 0.481 e. The molecule has 0 bridgehead atoms. The van der Waals surface area contributed by atoms with Crippen LogP contribution < -0.4 is 14.4 Å². The van der Waals surface area contributed by atoms with E-state index in [0.29, 0.717) is 58.7 Å². The van der Waals surface area contributed by atoms with Crippen LogP contribution in [0.2, 0.25) is 0 Å². The number of nitrogens with zero attached hydrogens (tertiary/aromatic N) is 5. The van der Waals surface area contributed by atoms with Crippen LogP contribution in [0.4, 0.5) is 5.69 Å². The summed E-state index contributed by atoms with van der Waals surface area (Å²) in [6.07, 6.45) is 2.30. The third-order valence-electron chi connectivity index (χ3n) is 7.66. The number of hydrogen-bond donors (Lipinski definition) is 1. The van der Waals surface area contributed by atoms with E-state index in [2.05, 4.69) is 19.7 Å². The molecule has 0 radical (unpaired) electrons. The summed E-state index contributed by atoms with van der Waals surface area (Å²) in [4.78, 5) is 43.4. The van der Waals surface area contributed by atoms with Gasteiger partial charge in [-0.25, -0.2) is 23.1 Å². The Morgan fingerprint density at radius 2 is 1.98 bits per heavy atom. The van der Waals surface area contributed by atoms with E-state index in [1.54, 1.807) is 59.5 Å². The number of anilines is 1. The Balaban J connectivity index is 1.30. The fourth-order valence-corrected chi connectivity index (χ4v) is 7.48. The third-order valence-corrected chi connectivity index (χ3v) is 10.0. The van der Waals surface area contributed by atoms with Crippen molar-refractivity contribution < 1.29 is 22.7 Å². The second-order valence-corrected chi connectivity index (χ2v) is 13.1. The predicted molar refractivity (Wildman–Crippen MR) is 153 cm³/mol. The van der Waals surface area contributed by atoms with E-state index in [0.717, 1.165) is 5.56 Å². The van der Waals surface area contributed by atoms with Crippen LogP contribution in [0.3, 0.4) is 0 Å². The van der Waals surface area contributed by atoms with Gasteiger partial charge < -0.3 is 14.5 Å². The number of aromatic nitrogens is 3. The van der Waals surface area contributed by atoms with Gasteiger partial charge in [-0.05, 0) is 48.4 Å². The molecular formula is C28H28N6O5S2. The first kappa shape index (κ1) is 27.2. The molecule has 2 amide bonds. The average Bonchev–Trinajstić information content (AvgIpc) is 3.67. The number of sulfonamides is 1. The van der Waals surface area contributed by atoms with Crippen molar-refractivity contribution in [2.75, 3.05) is 31.6 Å². The molecule has 3 aromatic heterocycles. The summed E-state index contributed by atoms with van der Waals surface area (Å²) in [6, 6.07) is 13.7. The van der Waals surface area contributed by atoms with Crippen molar-refractivity contribution in [1.29, 1.82) is 0 Å². The number of pyridine rings is 2. The van der Waals surface area contributed by atoms with E-state index in [1.807, 2.05) is 6.07 Å². The van der Waals surface area contributed by atoms with Gasteiger partial charge in [0.1, 0.15) is 15.4 Å². The summed E-state index contributed by atoms with van der Waals surface area (Å²) in [5, 5.41) is 0.628. The number of ether oxygens (including phenoxy) is 1. The van der Waals surface area contributed by atoms with Gasteiger partial charge in [-0.1, -0.05) is 17.4 Å². The van der Waals surface area contributed by atoms with Crippen molar-refractivity contribution in [2.45, 2.75) is 36.6 Å². The van der Waals surface area contributed by atoms with Crippen LogP contribution in [-0.2, 0) is 38.0 Å². The van der Waals surface area contributed by atoms with Gasteiger partial charge in [-0.15, -0.1) is 0 Å². The summed E-state index contributed by atoms with van der Waals surface area (Å²) < 4.78 is 34.3. The first-order valence-electron chi connectivity index (χ1n) is 13.1. The van der Waals surface area contributed by atoms with Crippen LogP contribution in [-0.4, -0.2) is 66.8 Å². The molecule has 1 N–H and O–H groups in total. The van der Waals surface area contributed by atoms with Gasteiger partial charge in [0.25, 0.3) is 0 Å². The molecule has 212 valence electrons. The SMILES string of the molecule is COc1ccc2nc(CC(=O)N3CC4(CCN(C(C)=O)C4)c4cc(S(=O)(=O)NCc5ccccn5)ccc43)sc2n1. The Labute approximate surface area is 241 Å². The standard InChI is InChI=1S/C28H28N6O5S2/c1-18(35)33-12-10-28(16-33)17-34(26(36)14-25-31-22-7-9-24(39-2)32-27(22)40-25)23-8-6-20(13-21(23)28)41(37,38)30-15-19-5-3-4-11-29-19/h3-9,11,13,30H,10,12,14-17H2,1-2H3. The molecule has 5 heterocycles. The molecule has 11 nitrogen and oxygen atoms in total. The maximum Gasteiger partial charge on any atom is 0.240 e. The van der Waals surface area contributed by atoms with E-state index in [4.69, 9.17) is 4.74 Å². The van der Waals surface area contributed by atoms with Gasteiger partial charge in [0.15, 0.2) is 0 Å². The maximum atomic E-state index is 13.7. The van der Waals surface area contributed by atoms with Crippen molar-refractivity contribution in [1.82, 2.24) is 24.6 Å². The van der Waals surface area contributed by atoms with Gasteiger partial charge in [0, 0.05) is 49.9 Å². The van der Waals surface area contributed by atoms with Gasteiger partial charge in [-0.3, -0.25) is 14.6 Å². The molecule has 1 spiro atoms. The number of nitrogens with one attached hydrogen (secondary N) is 1. The van der Waals surface area contributed by atoms with Crippen molar-refractivity contribution in [3.05, 3.63) is 71.0 Å². The molecule has 6 rings (SSSR count). The summed E-state index contributed by atoms with van der Waals surface area (Å²) >= 11 is 1.34. The lowest BCUT2D eigenvalue weighted by Crippen LogP contribution is -2.40. The number of rotatable bonds is 7. The number of benzene rings is 1. The molecule has 0 saturated carbocycles. The Bertz CT molecular complexity index is 1760. The highest BCUT2D eigenvalue weighted by atomic mass is 32.2. The van der Waals surface area contributed by atoms with Crippen molar-refractivity contribution in [2.24, 2.45) is 0 Å². The number of carbonyl (C=O) groups excluding carboxylic acids is 2. The van der Waals surface area contributed by atoms with E-state index >= 15 is 0 Å². The van der Waals surface area contributed by atoms with Gasteiger partial charge in [0.2, 0.25) is 27.7 Å². The molecule has 1 saturated heterocycles. The fourth-order valence-electron chi connectivity index (χ4n) is 5.54. The van der Waals surface area contributed by atoms with Crippen LogP contribution >= 0.6 is 11.3 Å². The monoisotopic (exact) mass is 592 g/mol. The molecule has 1 fully saturated rings. The first-order chi connectivity index (χ1) is 19.7. The predicted octanol–water partition coefficient (Wildman–Crippen LogP) is 2.65. The zero-order chi connectivity index (χ0) is 28.8. The van der Waals surface area contributed by atoms with Crippen molar-refractivity contribution in [3.63, 3.8) is 0 Å². The molecule has 1 atom stereocenters. The minimum atomic E-state index is -3.86. The van der Waals surface area contributed by atoms with Crippen LogP contribution in [0.5, 0.6) is 5.88 Å². The zero-order valence-electron chi connectivity index (χ0n) is 22.5. The van der Waals surface area contributed by atoms with E-state index in [9.17, 15) is 18.0 Å². The number of methoxy groups -OCH3 is 1. The smallest absolute Gasteiger partial charge is 0.240 e. The molecule has 2 aliphatic heterocycles. The van der Waals surface area contributed by atoms with E-state index in [1.165, 1.54) is 24.3 Å². The number of thiazole rings is 1. The van der Waals surface area contributed by atoms with Crippen molar-refractivity contribution >= 4 is 49.2 Å². The van der Waals surface area contributed by atoms with Crippen LogP contribution in [0.1, 0.15) is 29.6 Å². The molecule has 1 aromatic carbocycles. The molecular weight excluding hydrogens is 564 g/mol. The second-order valence-electron chi connectivity index (χ2n) is 10.2. The topological polar surface area (TPSA) is 135 Å². The second kappa shape index (κ2) is 10.5. The van der Waals surface area contributed by atoms with Gasteiger partial charge >= 0.3 is 0 Å². The lowest BCUT2D eigenvalue weighted by Gasteiger charge is -2.25. The highest BCUT2D eigenvalue weighted by Gasteiger charge is 2.49. The van der Waals surface area contributed by atoms with Crippen LogP contribution in [0, 0.1) is 0 Å². The van der Waals surface area contributed by atoms with Gasteiger partial charge in [0.05, 0.1) is 30.7 Å². The third kappa shape index (κ3) is 5.16. The van der Waals surface area contributed by atoms with Crippen LogP contribution in [0.15, 0.2) is 59.6 Å². The van der Waals surface area contributed by atoms with Gasteiger partial charge in [-0.2, -0.15) is 0 Å². The number of amides is 2. The quantitative estimate of drug-likeness (QED) is 0.346. The van der Waals surface area contributed by atoms with E-state index in [-0.39, 0.29) is 29.7 Å². The fraction of sp³-hybridized carbons (Fsp3) is 0.321. The minimum absolute atomic E-state index is 0.0496. The average molecular weight is 593 g/mol. The number of carbonyl (C=O) groups is 2. The van der Waals surface area contributed by atoms with E-state index < -0.39 is 15.4 Å². The Morgan fingerprint density at radius 3 is 2.71 bits per heavy atom. The molecule has 2 aliphatic rings. The summed E-state index contributed by atoms with van der Waals surface area (Å²) in [7, 11) is -2.32. The first-order valence-corrected chi connectivity index (χ1v) is 15.4. The molecule has 1 unspecified atom stereocenters. The number of fused-ring (bicyclic) bond motifs is 3. The summed E-state index contributed by atoms with van der Waals surface area (Å²) in [6.45, 7) is 2.88. The molecule has 41 heavy (non-hydrogen) atoms. The highest BCUT2D eigenvalue weighted by molar-refractivity contribution is 7.89. The highest BCUT2D eigenvalue weighted by Crippen LogP contribution is 2.47. The molecule has 0 aliphatic carbocycles. The number of likely N-dealkylation sites (tertiary alicyclic amines) is 1. The minimum Gasteiger partial charge on any atom is -0.481 e. The Kier molecular flexibility index (Phi) is 6.96. The van der Waals surface area contributed by atoms with Crippen molar-refractivity contribution in [3.8, 4) is 5.88 Å². The molecule has 4 aromatic rings. The molecule has 13 heteroatoms. The Morgan fingerprint density at radius 1 is 1.12 bits per heavy atom. The summed E-state index contributed by atoms with van der Waals surface area (Å²) in [5.74, 6) is 0.275. The lowest BCUT2D eigenvalue weighted by atomic mass is 9.81. The number of hydrogen-bond acceptors (Lipinski definition) is 9. The van der Waals surface area contributed by atoms with Crippen LogP contribution in [0.25, 0.3) is 10.3 Å². The summed E-state index contributed by atoms with van der Waals surface area (Å²) in [5.41, 5.74) is 2.14. The Hall–Kier alpha value is -3.94.